The van der Waals surface area contributed by atoms with Gasteiger partial charge in [-0.2, -0.15) is 0 Å². The van der Waals surface area contributed by atoms with Gasteiger partial charge >= 0.3 is 5.97 Å². The topological polar surface area (TPSA) is 91.3 Å². The van der Waals surface area contributed by atoms with Crippen molar-refractivity contribution in [3.63, 3.8) is 0 Å². The van der Waals surface area contributed by atoms with Crippen LogP contribution in [0.1, 0.15) is 80.4 Å². The maximum absolute atomic E-state index is 12.1. The minimum absolute atomic E-state index is 0.0256. The van der Waals surface area contributed by atoms with Gasteiger partial charge in [-0.15, -0.1) is 0 Å². The highest BCUT2D eigenvalue weighted by molar-refractivity contribution is 5.97. The fourth-order valence-corrected chi connectivity index (χ4v) is 4.53. The summed E-state index contributed by atoms with van der Waals surface area (Å²) in [7, 11) is 0. The SMILES string of the molecule is CCCc1c(OCCCOc2ccc(C(C)=O)c(OCC)c2CCC)ccc2c1OC(C(=O)O)CC2. The third-order valence-electron chi connectivity index (χ3n) is 6.20. The monoisotopic (exact) mass is 498 g/mol. The molecule has 0 radical (unpaired) electrons. The van der Waals surface area contributed by atoms with Crippen LogP contribution in [0.5, 0.6) is 23.0 Å². The molecule has 1 aliphatic rings. The number of benzene rings is 2. The minimum atomic E-state index is -0.933. The van der Waals surface area contributed by atoms with E-state index in [1.807, 2.05) is 25.1 Å². The van der Waals surface area contributed by atoms with Crippen molar-refractivity contribution in [3.8, 4) is 23.0 Å². The van der Waals surface area contributed by atoms with E-state index in [1.54, 1.807) is 13.0 Å². The van der Waals surface area contributed by atoms with E-state index in [1.165, 1.54) is 0 Å². The summed E-state index contributed by atoms with van der Waals surface area (Å²) in [6.45, 7) is 9.00. The Labute approximate surface area is 213 Å². The summed E-state index contributed by atoms with van der Waals surface area (Å²) in [4.78, 5) is 23.5. The predicted octanol–water partition coefficient (Wildman–Crippen LogP) is 5.82. The van der Waals surface area contributed by atoms with Gasteiger partial charge in [-0.1, -0.05) is 32.8 Å². The number of rotatable bonds is 14. The number of hydrogen-bond acceptors (Lipinski definition) is 6. The molecule has 0 fully saturated rings. The summed E-state index contributed by atoms with van der Waals surface area (Å²) in [5.41, 5.74) is 3.49. The van der Waals surface area contributed by atoms with Crippen LogP contribution in [0.4, 0.5) is 0 Å². The molecule has 0 spiro atoms. The molecule has 3 rings (SSSR count). The fraction of sp³-hybridized carbons (Fsp3) is 0.517. The molecule has 7 heteroatoms. The number of ketones is 1. The molecule has 0 bridgehead atoms. The second-order valence-electron chi connectivity index (χ2n) is 8.97. The molecule has 7 nitrogen and oxygen atoms in total. The van der Waals surface area contributed by atoms with Gasteiger partial charge in [0.05, 0.1) is 25.4 Å². The van der Waals surface area contributed by atoms with Gasteiger partial charge in [-0.05, 0) is 63.3 Å². The Kier molecular flexibility index (Phi) is 10.0. The Balaban J connectivity index is 1.66. The summed E-state index contributed by atoms with van der Waals surface area (Å²) in [6.07, 6.45) is 4.32. The lowest BCUT2D eigenvalue weighted by atomic mass is 9.96. The van der Waals surface area contributed by atoms with E-state index in [4.69, 9.17) is 18.9 Å². The lowest BCUT2D eigenvalue weighted by molar-refractivity contribution is -0.145. The van der Waals surface area contributed by atoms with Crippen molar-refractivity contribution in [3.05, 3.63) is 46.5 Å². The van der Waals surface area contributed by atoms with Gasteiger partial charge in [0.2, 0.25) is 0 Å². The van der Waals surface area contributed by atoms with Gasteiger partial charge < -0.3 is 24.1 Å². The summed E-state index contributed by atoms with van der Waals surface area (Å²) in [5.74, 6) is 1.80. The number of aryl methyl sites for hydroxylation is 1. The number of aliphatic carboxylic acids is 1. The zero-order valence-electron chi connectivity index (χ0n) is 21.9. The molecule has 36 heavy (non-hydrogen) atoms. The van der Waals surface area contributed by atoms with Crippen molar-refractivity contribution in [2.24, 2.45) is 0 Å². The highest BCUT2D eigenvalue weighted by Gasteiger charge is 2.28. The average molecular weight is 499 g/mol. The van der Waals surface area contributed by atoms with Crippen LogP contribution in [0.25, 0.3) is 0 Å². The van der Waals surface area contributed by atoms with Gasteiger partial charge in [0.25, 0.3) is 0 Å². The largest absolute Gasteiger partial charge is 0.493 e. The molecular weight excluding hydrogens is 460 g/mol. The number of carboxylic acids is 1. The molecule has 2 aromatic carbocycles. The Morgan fingerprint density at radius 2 is 1.58 bits per heavy atom. The normalized spacial score (nSPS) is 14.5. The number of carbonyl (C=O) groups excluding carboxylic acids is 1. The maximum Gasteiger partial charge on any atom is 0.344 e. The second kappa shape index (κ2) is 13.2. The fourth-order valence-electron chi connectivity index (χ4n) is 4.53. The molecule has 0 aromatic heterocycles. The number of Topliss-reactive ketones (excluding diaryl/α,β-unsaturated/α-hetero) is 1. The van der Waals surface area contributed by atoms with Crippen molar-refractivity contribution in [1.82, 2.24) is 0 Å². The molecule has 0 saturated carbocycles. The van der Waals surface area contributed by atoms with Crippen molar-refractivity contribution >= 4 is 11.8 Å². The van der Waals surface area contributed by atoms with Gasteiger partial charge in [0, 0.05) is 17.5 Å². The molecule has 0 saturated heterocycles. The number of fused-ring (bicyclic) bond motifs is 1. The first-order valence-electron chi connectivity index (χ1n) is 13.0. The molecule has 1 N–H and O–H groups in total. The van der Waals surface area contributed by atoms with Crippen LogP contribution < -0.4 is 18.9 Å². The predicted molar refractivity (Wildman–Crippen MR) is 138 cm³/mol. The highest BCUT2D eigenvalue weighted by atomic mass is 16.5. The standard InChI is InChI=1S/C29H38O7/c1-5-9-22-24(14-11-20-12-15-26(29(31)32)36-27(20)22)34-17-8-18-35-25-16-13-21(19(4)30)28(33-7-3)23(25)10-6-2/h11,13-14,16,26H,5-10,12,15,17-18H2,1-4H3,(H,31,32). The van der Waals surface area contributed by atoms with Gasteiger partial charge in [0.15, 0.2) is 11.9 Å². The number of carbonyl (C=O) groups is 2. The van der Waals surface area contributed by atoms with Crippen LogP contribution in [0.3, 0.4) is 0 Å². The van der Waals surface area contributed by atoms with Crippen LogP contribution in [-0.2, 0) is 24.1 Å². The van der Waals surface area contributed by atoms with Crippen molar-refractivity contribution < 1.29 is 33.6 Å². The molecule has 1 unspecified atom stereocenters. The number of hydrogen-bond donors (Lipinski definition) is 1. The van der Waals surface area contributed by atoms with Crippen LogP contribution >= 0.6 is 0 Å². The summed E-state index contributed by atoms with van der Waals surface area (Å²) < 4.78 is 23.9. The third-order valence-corrected chi connectivity index (χ3v) is 6.20. The van der Waals surface area contributed by atoms with Gasteiger partial charge in [0.1, 0.15) is 23.0 Å². The van der Waals surface area contributed by atoms with E-state index >= 15 is 0 Å². The third kappa shape index (κ3) is 6.50. The van der Waals surface area contributed by atoms with Crippen molar-refractivity contribution in [2.75, 3.05) is 19.8 Å². The Bertz CT molecular complexity index is 1060. The van der Waals surface area contributed by atoms with Crippen molar-refractivity contribution in [2.45, 2.75) is 78.7 Å². The Morgan fingerprint density at radius 1 is 0.944 bits per heavy atom. The number of ether oxygens (including phenoxy) is 4. The molecular formula is C29H38O7. The van der Waals surface area contributed by atoms with Crippen LogP contribution in [0.2, 0.25) is 0 Å². The molecule has 1 aliphatic heterocycles. The van der Waals surface area contributed by atoms with E-state index in [0.717, 1.165) is 53.9 Å². The first-order valence-corrected chi connectivity index (χ1v) is 13.0. The molecule has 1 atom stereocenters. The van der Waals surface area contributed by atoms with Crippen molar-refractivity contribution in [1.29, 1.82) is 0 Å². The number of carboxylic acid groups (broad SMARTS) is 1. The first kappa shape index (κ1) is 27.4. The molecule has 2 aromatic rings. The highest BCUT2D eigenvalue weighted by Crippen LogP contribution is 2.38. The van der Waals surface area contributed by atoms with Crippen LogP contribution in [0, 0.1) is 0 Å². The second-order valence-corrected chi connectivity index (χ2v) is 8.97. The molecule has 0 amide bonds. The Morgan fingerprint density at radius 3 is 2.19 bits per heavy atom. The van der Waals surface area contributed by atoms with Gasteiger partial charge in [-0.25, -0.2) is 4.79 Å². The zero-order chi connectivity index (χ0) is 26.1. The minimum Gasteiger partial charge on any atom is -0.493 e. The lowest BCUT2D eigenvalue weighted by Crippen LogP contribution is -2.31. The van der Waals surface area contributed by atoms with E-state index in [0.29, 0.717) is 56.1 Å². The summed E-state index contributed by atoms with van der Waals surface area (Å²) in [6, 6.07) is 7.56. The quantitative estimate of drug-likeness (QED) is 0.259. The zero-order valence-corrected chi connectivity index (χ0v) is 21.9. The van der Waals surface area contributed by atoms with Crippen LogP contribution in [-0.4, -0.2) is 42.8 Å². The average Bonchev–Trinajstić information content (AvgIpc) is 2.86. The molecule has 0 aliphatic carbocycles. The summed E-state index contributed by atoms with van der Waals surface area (Å²) >= 11 is 0. The van der Waals surface area contributed by atoms with E-state index < -0.39 is 12.1 Å². The smallest absolute Gasteiger partial charge is 0.344 e. The van der Waals surface area contributed by atoms with E-state index in [2.05, 4.69) is 13.8 Å². The summed E-state index contributed by atoms with van der Waals surface area (Å²) in [5, 5.41) is 9.40. The molecule has 1 heterocycles. The van der Waals surface area contributed by atoms with Crippen LogP contribution in [0.15, 0.2) is 24.3 Å². The Hall–Kier alpha value is -3.22. The van der Waals surface area contributed by atoms with E-state index in [9.17, 15) is 14.7 Å². The maximum atomic E-state index is 12.1. The van der Waals surface area contributed by atoms with Gasteiger partial charge in [-0.3, -0.25) is 4.79 Å². The molecule has 196 valence electrons. The van der Waals surface area contributed by atoms with E-state index in [-0.39, 0.29) is 5.78 Å². The first-order chi connectivity index (χ1) is 17.4. The lowest BCUT2D eigenvalue weighted by Gasteiger charge is -2.26.